The second-order valence-corrected chi connectivity index (χ2v) is 11.8. The first-order valence-electron chi connectivity index (χ1n) is 12.8. The van der Waals surface area contributed by atoms with E-state index < -0.39 is 5.60 Å². The third-order valence-corrected chi connectivity index (χ3v) is 8.98. The fourth-order valence-electron chi connectivity index (χ4n) is 7.32. The first-order chi connectivity index (χ1) is 14.7. The van der Waals surface area contributed by atoms with Crippen LogP contribution in [0.2, 0.25) is 0 Å². The van der Waals surface area contributed by atoms with E-state index in [-0.39, 0.29) is 12.2 Å². The minimum absolute atomic E-state index is 0.112. The minimum Gasteiger partial charge on any atom is -0.393 e. The van der Waals surface area contributed by atoms with Gasteiger partial charge in [-0.1, -0.05) is 32.3 Å². The number of aliphatic hydroxyl groups excluding tert-OH is 1. The number of aliphatic hydroxyl groups is 2. The molecule has 2 saturated carbocycles. The summed E-state index contributed by atoms with van der Waals surface area (Å²) in [5, 5.41) is 20.3. The van der Waals surface area contributed by atoms with Gasteiger partial charge < -0.3 is 10.2 Å². The van der Waals surface area contributed by atoms with Gasteiger partial charge in [0.05, 0.1) is 11.7 Å². The second kappa shape index (κ2) is 9.29. The number of allylic oxidation sites excluding steroid dienone is 1. The molecule has 0 saturated heterocycles. The summed E-state index contributed by atoms with van der Waals surface area (Å²) in [7, 11) is 0. The van der Waals surface area contributed by atoms with Crippen molar-refractivity contribution in [3.8, 4) is 0 Å². The summed E-state index contributed by atoms with van der Waals surface area (Å²) in [6.45, 7) is 9.40. The van der Waals surface area contributed by atoms with Crippen LogP contribution >= 0.6 is 0 Å². The topological polar surface area (TPSA) is 58.9 Å². The summed E-state index contributed by atoms with van der Waals surface area (Å²) in [5.74, 6) is 2.11. The van der Waals surface area contributed by atoms with E-state index >= 15 is 0 Å². The van der Waals surface area contributed by atoms with Crippen molar-refractivity contribution in [1.82, 2.24) is 0 Å². The van der Waals surface area contributed by atoms with Crippen molar-refractivity contribution < 1.29 is 20.0 Å². The summed E-state index contributed by atoms with van der Waals surface area (Å²) in [6, 6.07) is 0. The third-order valence-electron chi connectivity index (χ3n) is 8.98. The van der Waals surface area contributed by atoms with Gasteiger partial charge in [-0.05, 0) is 112 Å². The lowest BCUT2D eigenvalue weighted by Gasteiger charge is -2.45. The quantitative estimate of drug-likeness (QED) is 0.406. The molecule has 2 fully saturated rings. The van der Waals surface area contributed by atoms with Crippen molar-refractivity contribution >= 4 is 0 Å². The molecule has 0 bridgehead atoms. The number of fused-ring (bicyclic) bond motifs is 1. The molecule has 0 unspecified atom stereocenters. The van der Waals surface area contributed by atoms with Crippen molar-refractivity contribution in [1.29, 1.82) is 0 Å². The maximum absolute atomic E-state index is 10.2. The maximum atomic E-state index is 10.2. The highest BCUT2D eigenvalue weighted by Crippen LogP contribution is 2.60. The molecule has 4 rings (SSSR count). The molecule has 0 aromatic carbocycles. The van der Waals surface area contributed by atoms with Gasteiger partial charge in [-0.3, -0.25) is 0 Å². The van der Waals surface area contributed by atoms with Crippen LogP contribution in [0.5, 0.6) is 0 Å². The average Bonchev–Trinajstić information content (AvgIpc) is 3.05. The van der Waals surface area contributed by atoms with Gasteiger partial charge in [-0.15, -0.1) is 0 Å². The average molecular weight is 433 g/mol. The molecule has 1 aliphatic heterocycles. The lowest BCUT2D eigenvalue weighted by molar-refractivity contribution is -0.310. The molecular formula is C27H44O4. The van der Waals surface area contributed by atoms with Crippen LogP contribution < -0.4 is 0 Å². The Morgan fingerprint density at radius 2 is 2.03 bits per heavy atom. The highest BCUT2D eigenvalue weighted by molar-refractivity contribution is 5.31. The van der Waals surface area contributed by atoms with Crippen molar-refractivity contribution in [3.05, 3.63) is 22.8 Å². The molecule has 0 amide bonds. The molecular weight excluding hydrogens is 388 g/mol. The van der Waals surface area contributed by atoms with Crippen molar-refractivity contribution in [3.63, 3.8) is 0 Å². The Hall–Kier alpha value is -0.680. The number of rotatable bonds is 6. The smallest absolute Gasteiger partial charge is 0.133 e. The van der Waals surface area contributed by atoms with Crippen LogP contribution in [0, 0.1) is 23.2 Å². The summed E-state index contributed by atoms with van der Waals surface area (Å²) in [4.78, 5) is 11.3. The van der Waals surface area contributed by atoms with Crippen LogP contribution in [0.4, 0.5) is 0 Å². The SMILES string of the molecule is C[C@H](CCCC(C)(C)O)[C@H]1CC[C@H]2/C(=C/[C@@H]3OOCC4=C3C[C@@H](O)CC4)CCC[C@]12C. The van der Waals surface area contributed by atoms with Crippen LogP contribution in [-0.4, -0.2) is 34.6 Å². The predicted molar refractivity (Wildman–Crippen MR) is 123 cm³/mol. The lowest BCUT2D eigenvalue weighted by atomic mass is 9.60. The second-order valence-electron chi connectivity index (χ2n) is 11.8. The van der Waals surface area contributed by atoms with E-state index in [0.29, 0.717) is 23.9 Å². The molecule has 2 N–H and O–H groups in total. The zero-order chi connectivity index (χ0) is 22.2. The molecule has 4 heteroatoms. The van der Waals surface area contributed by atoms with Crippen LogP contribution in [-0.2, 0) is 9.78 Å². The van der Waals surface area contributed by atoms with Crippen molar-refractivity contribution in [2.24, 2.45) is 23.2 Å². The van der Waals surface area contributed by atoms with Crippen LogP contribution in [0.3, 0.4) is 0 Å². The van der Waals surface area contributed by atoms with Crippen molar-refractivity contribution in [2.75, 3.05) is 6.61 Å². The van der Waals surface area contributed by atoms with Gasteiger partial charge in [0.1, 0.15) is 12.7 Å². The molecule has 3 aliphatic carbocycles. The Kier molecular flexibility index (Phi) is 7.03. The zero-order valence-electron chi connectivity index (χ0n) is 20.2. The van der Waals surface area contributed by atoms with Gasteiger partial charge in [0.25, 0.3) is 0 Å². The highest BCUT2D eigenvalue weighted by atomic mass is 17.2. The predicted octanol–water partition coefficient (Wildman–Crippen LogP) is 5.88. The highest BCUT2D eigenvalue weighted by Gasteiger charge is 2.50. The molecule has 0 radical (unpaired) electrons. The number of hydrogen-bond donors (Lipinski definition) is 2. The van der Waals surface area contributed by atoms with Crippen LogP contribution in [0.15, 0.2) is 22.8 Å². The fourth-order valence-corrected chi connectivity index (χ4v) is 7.32. The van der Waals surface area contributed by atoms with Gasteiger partial charge in [0, 0.05) is 0 Å². The Balaban J connectivity index is 1.47. The van der Waals surface area contributed by atoms with Gasteiger partial charge in [-0.2, -0.15) is 0 Å². The Morgan fingerprint density at radius 3 is 2.81 bits per heavy atom. The number of hydrogen-bond acceptors (Lipinski definition) is 4. The first kappa shape index (κ1) is 23.5. The molecule has 0 aromatic rings. The molecule has 176 valence electrons. The standard InChI is InChI=1S/C27H44O4/c1-18(7-5-13-26(2,3)29)23-11-12-24-19(8-6-14-27(23,24)4)15-25-22-16-21(28)10-9-20(22)17-30-31-25/h15,18,21,23-25,28-29H,5-14,16-17H2,1-4H3/b19-15+/t18-,21+,23-,24+,25+,27-/m1/s1. The van der Waals surface area contributed by atoms with Crippen molar-refractivity contribution in [2.45, 2.75) is 116 Å². The summed E-state index contributed by atoms with van der Waals surface area (Å²) in [6.07, 6.45) is 14.1. The van der Waals surface area contributed by atoms with E-state index in [4.69, 9.17) is 9.78 Å². The zero-order valence-corrected chi connectivity index (χ0v) is 20.2. The van der Waals surface area contributed by atoms with Crippen LogP contribution in [0.25, 0.3) is 0 Å². The summed E-state index contributed by atoms with van der Waals surface area (Å²) >= 11 is 0. The van der Waals surface area contributed by atoms with Gasteiger partial charge in [0.15, 0.2) is 0 Å². The molecule has 4 nitrogen and oxygen atoms in total. The monoisotopic (exact) mass is 432 g/mol. The fraction of sp³-hybridized carbons (Fsp3) is 0.852. The largest absolute Gasteiger partial charge is 0.393 e. The van der Waals surface area contributed by atoms with Gasteiger partial charge in [0.2, 0.25) is 0 Å². The molecule has 1 heterocycles. The molecule has 31 heavy (non-hydrogen) atoms. The normalized spacial score (nSPS) is 38.8. The van der Waals surface area contributed by atoms with E-state index in [0.717, 1.165) is 38.0 Å². The Bertz CT molecular complexity index is 703. The maximum Gasteiger partial charge on any atom is 0.133 e. The van der Waals surface area contributed by atoms with E-state index in [1.165, 1.54) is 49.7 Å². The summed E-state index contributed by atoms with van der Waals surface area (Å²) in [5.41, 5.74) is 4.02. The molecule has 4 aliphatic rings. The first-order valence-corrected chi connectivity index (χ1v) is 12.8. The van der Waals surface area contributed by atoms with Crippen LogP contribution in [0.1, 0.15) is 98.3 Å². The van der Waals surface area contributed by atoms with E-state index in [1.54, 1.807) is 5.57 Å². The van der Waals surface area contributed by atoms with E-state index in [1.807, 2.05) is 13.8 Å². The lowest BCUT2D eigenvalue weighted by Crippen LogP contribution is -2.37. The third kappa shape index (κ3) is 5.13. The molecule has 0 aromatic heterocycles. The minimum atomic E-state index is -0.551. The van der Waals surface area contributed by atoms with E-state index in [9.17, 15) is 10.2 Å². The van der Waals surface area contributed by atoms with E-state index in [2.05, 4.69) is 19.9 Å². The Labute approximate surface area is 189 Å². The van der Waals surface area contributed by atoms with Gasteiger partial charge in [-0.25, -0.2) is 9.78 Å². The van der Waals surface area contributed by atoms with Gasteiger partial charge >= 0.3 is 0 Å². The molecule has 6 atom stereocenters. The summed E-state index contributed by atoms with van der Waals surface area (Å²) < 4.78 is 0. The molecule has 0 spiro atoms. The Morgan fingerprint density at radius 1 is 1.23 bits per heavy atom.